The van der Waals surface area contributed by atoms with Gasteiger partial charge in [-0.3, -0.25) is 14.3 Å². The lowest BCUT2D eigenvalue weighted by Gasteiger charge is -2.20. The summed E-state index contributed by atoms with van der Waals surface area (Å²) in [5.74, 6) is -2.55. The number of carbonyl (C=O) groups is 2. The third-order valence-electron chi connectivity index (χ3n) is 2.26. The van der Waals surface area contributed by atoms with E-state index in [-0.39, 0.29) is 4.90 Å². The predicted octanol–water partition coefficient (Wildman–Crippen LogP) is 0.909. The Kier molecular flexibility index (Phi) is 4.89. The summed E-state index contributed by atoms with van der Waals surface area (Å²) < 4.78 is 38.2. The average molecular weight is 291 g/mol. The molecule has 0 spiro atoms. The van der Waals surface area contributed by atoms with E-state index in [1.54, 1.807) is 13.1 Å². The number of carboxylic acids is 1. The van der Waals surface area contributed by atoms with E-state index in [1.165, 1.54) is 17.0 Å². The third kappa shape index (κ3) is 5.12. The van der Waals surface area contributed by atoms with E-state index >= 15 is 0 Å². The van der Waals surface area contributed by atoms with Crippen molar-refractivity contribution in [2.24, 2.45) is 7.05 Å². The van der Waals surface area contributed by atoms with E-state index in [2.05, 4.69) is 5.10 Å². The van der Waals surface area contributed by atoms with Gasteiger partial charge in [-0.2, -0.15) is 18.3 Å². The Morgan fingerprint density at radius 2 is 2.15 bits per heavy atom. The molecule has 1 rings (SSSR count). The molecule has 1 N–H and O–H groups in total. The molecule has 0 aliphatic carbocycles. The van der Waals surface area contributed by atoms with Crippen molar-refractivity contribution in [3.63, 3.8) is 0 Å². The van der Waals surface area contributed by atoms with E-state index in [4.69, 9.17) is 5.11 Å². The smallest absolute Gasteiger partial charge is 0.406 e. The first-order valence-corrected chi connectivity index (χ1v) is 5.42. The normalized spacial score (nSPS) is 11.8. The number of aliphatic carboxylic acids is 1. The predicted molar refractivity (Wildman–Crippen MR) is 62.5 cm³/mol. The maximum absolute atomic E-state index is 12.3. The largest absolute Gasteiger partial charge is 0.480 e. The molecule has 1 aromatic rings. The lowest BCUT2D eigenvalue weighted by molar-refractivity contribution is -0.163. The zero-order valence-electron chi connectivity index (χ0n) is 10.5. The molecule has 0 saturated heterocycles. The van der Waals surface area contributed by atoms with Crippen molar-refractivity contribution in [1.82, 2.24) is 14.7 Å². The number of aryl methyl sites for hydroxylation is 1. The summed E-state index contributed by atoms with van der Waals surface area (Å²) in [5, 5.41) is 12.3. The molecule has 0 unspecified atom stereocenters. The first-order chi connectivity index (χ1) is 9.19. The second-order valence-corrected chi connectivity index (χ2v) is 3.92. The summed E-state index contributed by atoms with van der Waals surface area (Å²) in [4.78, 5) is 22.3. The fraction of sp³-hybridized carbons (Fsp3) is 0.364. The zero-order valence-corrected chi connectivity index (χ0v) is 10.5. The Hall–Kier alpha value is -2.32. The molecule has 9 heteroatoms. The fourth-order valence-corrected chi connectivity index (χ4v) is 1.40. The topological polar surface area (TPSA) is 75.4 Å². The van der Waals surface area contributed by atoms with E-state index in [9.17, 15) is 22.8 Å². The van der Waals surface area contributed by atoms with Crippen molar-refractivity contribution < 1.29 is 27.9 Å². The zero-order chi connectivity index (χ0) is 15.3. The summed E-state index contributed by atoms with van der Waals surface area (Å²) in [6.07, 6.45) is -1.06. The van der Waals surface area contributed by atoms with Crippen LogP contribution in [0.15, 0.2) is 18.3 Å². The summed E-state index contributed by atoms with van der Waals surface area (Å²) in [5.41, 5.74) is 0.501. The molecule has 0 fully saturated rings. The number of hydrogen-bond donors (Lipinski definition) is 1. The van der Waals surface area contributed by atoms with Crippen LogP contribution in [0.4, 0.5) is 13.2 Å². The molecule has 1 heterocycles. The molecule has 0 aromatic carbocycles. The van der Waals surface area contributed by atoms with Gasteiger partial charge in [0.1, 0.15) is 13.1 Å². The third-order valence-corrected chi connectivity index (χ3v) is 2.26. The minimum Gasteiger partial charge on any atom is -0.480 e. The van der Waals surface area contributed by atoms with Gasteiger partial charge in [-0.1, -0.05) is 0 Å². The van der Waals surface area contributed by atoms with Crippen LogP contribution < -0.4 is 0 Å². The first kappa shape index (κ1) is 15.7. The Bertz CT molecular complexity index is 522. The highest BCUT2D eigenvalue weighted by Gasteiger charge is 2.33. The van der Waals surface area contributed by atoms with Crippen molar-refractivity contribution in [2.75, 3.05) is 13.1 Å². The summed E-state index contributed by atoms with van der Waals surface area (Å²) in [6, 6.07) is 1.55. The van der Waals surface area contributed by atoms with Crippen LogP contribution >= 0.6 is 0 Å². The number of hydrogen-bond acceptors (Lipinski definition) is 3. The van der Waals surface area contributed by atoms with Crippen LogP contribution in [-0.2, 0) is 16.6 Å². The molecule has 6 nitrogen and oxygen atoms in total. The van der Waals surface area contributed by atoms with E-state index in [0.29, 0.717) is 5.69 Å². The van der Waals surface area contributed by atoms with Crippen molar-refractivity contribution >= 4 is 18.0 Å². The van der Waals surface area contributed by atoms with Gasteiger partial charge in [0.2, 0.25) is 5.91 Å². The standard InChI is InChI=1S/C11H12F3N3O3/c1-16-8(4-5-15-16)2-3-9(18)17(6-10(19)20)7-11(12,13)14/h2-5H,6-7H2,1H3,(H,19,20). The highest BCUT2D eigenvalue weighted by Crippen LogP contribution is 2.16. The van der Waals surface area contributed by atoms with Gasteiger partial charge >= 0.3 is 12.1 Å². The number of halogens is 3. The van der Waals surface area contributed by atoms with Crippen molar-refractivity contribution in [2.45, 2.75) is 6.18 Å². The molecule has 0 aliphatic heterocycles. The highest BCUT2D eigenvalue weighted by atomic mass is 19.4. The average Bonchev–Trinajstić information content (AvgIpc) is 2.68. The highest BCUT2D eigenvalue weighted by molar-refractivity contribution is 5.93. The molecule has 0 atom stereocenters. The fourth-order valence-electron chi connectivity index (χ4n) is 1.40. The van der Waals surface area contributed by atoms with Gasteiger partial charge < -0.3 is 10.0 Å². The Morgan fingerprint density at radius 1 is 1.50 bits per heavy atom. The number of carbonyl (C=O) groups excluding carboxylic acids is 1. The molecule has 20 heavy (non-hydrogen) atoms. The molecule has 110 valence electrons. The molecular formula is C11H12F3N3O3. The molecule has 0 saturated carbocycles. The molecule has 0 aliphatic rings. The van der Waals surface area contributed by atoms with Gasteiger partial charge in [0, 0.05) is 19.3 Å². The number of carboxylic acid groups (broad SMARTS) is 1. The van der Waals surface area contributed by atoms with Crippen LogP contribution in [0.25, 0.3) is 6.08 Å². The number of rotatable bonds is 5. The minimum absolute atomic E-state index is 0.204. The van der Waals surface area contributed by atoms with Crippen molar-refractivity contribution in [1.29, 1.82) is 0 Å². The molecule has 0 bridgehead atoms. The second kappa shape index (κ2) is 6.22. The quantitative estimate of drug-likeness (QED) is 0.818. The van der Waals surface area contributed by atoms with Gasteiger partial charge in [0.05, 0.1) is 5.69 Å². The van der Waals surface area contributed by atoms with Crippen LogP contribution in [0.1, 0.15) is 5.69 Å². The summed E-state index contributed by atoms with van der Waals surface area (Å²) in [7, 11) is 1.59. The SMILES string of the molecule is Cn1nccc1C=CC(=O)N(CC(=O)O)CC(F)(F)F. The Balaban J connectivity index is 2.80. The van der Waals surface area contributed by atoms with Gasteiger partial charge in [-0.25, -0.2) is 0 Å². The van der Waals surface area contributed by atoms with Gasteiger partial charge in [0.15, 0.2) is 0 Å². The maximum atomic E-state index is 12.3. The van der Waals surface area contributed by atoms with Gasteiger partial charge in [-0.05, 0) is 12.1 Å². The van der Waals surface area contributed by atoms with E-state index < -0.39 is 31.1 Å². The second-order valence-electron chi connectivity index (χ2n) is 3.92. The van der Waals surface area contributed by atoms with Crippen LogP contribution in [0, 0.1) is 0 Å². The number of amides is 1. The minimum atomic E-state index is -4.66. The maximum Gasteiger partial charge on any atom is 0.406 e. The first-order valence-electron chi connectivity index (χ1n) is 5.42. The lowest BCUT2D eigenvalue weighted by atomic mass is 10.3. The number of alkyl halides is 3. The number of aromatic nitrogens is 2. The molecular weight excluding hydrogens is 279 g/mol. The molecule has 1 aromatic heterocycles. The molecule has 1 amide bonds. The van der Waals surface area contributed by atoms with Gasteiger partial charge in [0.25, 0.3) is 0 Å². The number of nitrogens with zero attached hydrogens (tertiary/aromatic N) is 3. The monoisotopic (exact) mass is 291 g/mol. The van der Waals surface area contributed by atoms with E-state index in [0.717, 1.165) is 6.08 Å². The lowest BCUT2D eigenvalue weighted by Crippen LogP contribution is -2.41. The molecule has 0 radical (unpaired) electrons. The van der Waals surface area contributed by atoms with Crippen LogP contribution in [-0.4, -0.2) is 50.9 Å². The van der Waals surface area contributed by atoms with Crippen molar-refractivity contribution in [3.05, 3.63) is 24.0 Å². The Morgan fingerprint density at radius 3 is 2.60 bits per heavy atom. The Labute approximate surface area is 112 Å². The summed E-state index contributed by atoms with van der Waals surface area (Å²) >= 11 is 0. The van der Waals surface area contributed by atoms with Crippen molar-refractivity contribution in [3.8, 4) is 0 Å². The van der Waals surface area contributed by atoms with Crippen LogP contribution in [0.5, 0.6) is 0 Å². The van der Waals surface area contributed by atoms with Crippen LogP contribution in [0.3, 0.4) is 0 Å². The van der Waals surface area contributed by atoms with E-state index in [1.807, 2.05) is 0 Å². The summed E-state index contributed by atoms with van der Waals surface area (Å²) in [6.45, 7) is -2.64. The van der Waals surface area contributed by atoms with Gasteiger partial charge in [-0.15, -0.1) is 0 Å². The van der Waals surface area contributed by atoms with Crippen LogP contribution in [0.2, 0.25) is 0 Å².